The van der Waals surface area contributed by atoms with Crippen molar-refractivity contribution in [2.24, 2.45) is 5.92 Å². The maximum absolute atomic E-state index is 12.1. The molecule has 110 valence electrons. The third kappa shape index (κ3) is 4.78. The molecule has 1 atom stereocenters. The maximum Gasteiger partial charge on any atom is 0.246 e. The van der Waals surface area contributed by atoms with E-state index in [-0.39, 0.29) is 18.1 Å². The van der Waals surface area contributed by atoms with E-state index in [4.69, 9.17) is 28.3 Å². The molecular weight excluding hydrogens is 301 g/mol. The molecule has 1 amide bonds. The molecule has 2 N–H and O–H groups in total. The first-order valence-corrected chi connectivity index (χ1v) is 6.98. The molecule has 0 unspecified atom stereocenters. The number of aliphatic hydroxyl groups excluding tert-OH is 1. The summed E-state index contributed by atoms with van der Waals surface area (Å²) in [4.78, 5) is 23.4. The average Bonchev–Trinajstić information content (AvgIpc) is 2.39. The van der Waals surface area contributed by atoms with Gasteiger partial charge in [0.2, 0.25) is 5.91 Å². The lowest BCUT2D eigenvalue weighted by molar-refractivity contribution is -0.130. The number of carbonyl (C=O) groups is 2. The van der Waals surface area contributed by atoms with E-state index in [0.29, 0.717) is 15.6 Å². The van der Waals surface area contributed by atoms with E-state index in [2.05, 4.69) is 5.32 Å². The van der Waals surface area contributed by atoms with Crippen molar-refractivity contribution in [1.29, 1.82) is 0 Å². The molecule has 1 rings (SSSR count). The molecule has 0 aromatic heterocycles. The predicted octanol–water partition coefficient (Wildman–Crippen LogP) is 2.24. The van der Waals surface area contributed by atoms with Crippen molar-refractivity contribution in [1.82, 2.24) is 5.32 Å². The monoisotopic (exact) mass is 317 g/mol. The number of halogens is 2. The Morgan fingerprint density at radius 2 is 1.95 bits per heavy atom. The summed E-state index contributed by atoms with van der Waals surface area (Å²) in [5.41, 5.74) is 0.716. The standard InChI is InChI=1S/C14H17Cl2NO3/c1-8(2)14(20)12(17-13(19)7-18)5-9-3-4-10(15)6-11(9)16/h3-4,6,8,12,18H,5,7H2,1-2H3,(H,17,19)/t12-/m1/s1. The number of aliphatic hydroxyl groups is 1. The molecule has 0 aliphatic carbocycles. The number of carbonyl (C=O) groups excluding carboxylic acids is 2. The second-order valence-corrected chi connectivity index (χ2v) is 5.62. The van der Waals surface area contributed by atoms with Crippen LogP contribution in [0.15, 0.2) is 18.2 Å². The zero-order valence-corrected chi connectivity index (χ0v) is 12.8. The molecular formula is C14H17Cl2NO3. The zero-order chi connectivity index (χ0) is 15.3. The molecule has 0 bridgehead atoms. The van der Waals surface area contributed by atoms with Crippen molar-refractivity contribution < 1.29 is 14.7 Å². The minimum absolute atomic E-state index is 0.113. The Labute approximate surface area is 128 Å². The van der Waals surface area contributed by atoms with Gasteiger partial charge >= 0.3 is 0 Å². The largest absolute Gasteiger partial charge is 0.387 e. The Kier molecular flexibility index (Phi) is 6.46. The molecule has 0 aliphatic rings. The minimum atomic E-state index is -0.715. The molecule has 20 heavy (non-hydrogen) atoms. The predicted molar refractivity (Wildman–Crippen MR) is 79.0 cm³/mol. The molecule has 0 heterocycles. The number of rotatable bonds is 6. The first kappa shape index (κ1) is 17.0. The highest BCUT2D eigenvalue weighted by molar-refractivity contribution is 6.35. The van der Waals surface area contributed by atoms with Crippen molar-refractivity contribution in [3.8, 4) is 0 Å². The van der Waals surface area contributed by atoms with Crippen LogP contribution in [0.1, 0.15) is 19.4 Å². The first-order chi connectivity index (χ1) is 9.35. The van der Waals surface area contributed by atoms with E-state index in [0.717, 1.165) is 0 Å². The molecule has 0 saturated carbocycles. The Bertz CT molecular complexity index is 503. The van der Waals surface area contributed by atoms with Crippen LogP contribution in [0.2, 0.25) is 10.0 Å². The van der Waals surface area contributed by atoms with Crippen LogP contribution >= 0.6 is 23.2 Å². The Morgan fingerprint density at radius 1 is 1.30 bits per heavy atom. The molecule has 1 aromatic rings. The fraction of sp³-hybridized carbons (Fsp3) is 0.429. The van der Waals surface area contributed by atoms with Crippen LogP contribution in [0.3, 0.4) is 0 Å². The topological polar surface area (TPSA) is 66.4 Å². The summed E-state index contributed by atoms with van der Waals surface area (Å²) in [5.74, 6) is -0.933. The fourth-order valence-electron chi connectivity index (χ4n) is 1.77. The van der Waals surface area contributed by atoms with Crippen LogP contribution in [0, 0.1) is 5.92 Å². The number of benzene rings is 1. The summed E-state index contributed by atoms with van der Waals surface area (Å²) in [6.45, 7) is 2.85. The van der Waals surface area contributed by atoms with Crippen molar-refractivity contribution in [3.05, 3.63) is 33.8 Å². The van der Waals surface area contributed by atoms with Gasteiger partial charge in [0, 0.05) is 22.4 Å². The van der Waals surface area contributed by atoms with E-state index >= 15 is 0 Å². The van der Waals surface area contributed by atoms with Crippen LogP contribution < -0.4 is 5.32 Å². The van der Waals surface area contributed by atoms with Gasteiger partial charge in [-0.2, -0.15) is 0 Å². The highest BCUT2D eigenvalue weighted by Gasteiger charge is 2.24. The molecule has 0 spiro atoms. The zero-order valence-electron chi connectivity index (χ0n) is 11.3. The lowest BCUT2D eigenvalue weighted by Gasteiger charge is -2.20. The van der Waals surface area contributed by atoms with Gasteiger partial charge in [0.1, 0.15) is 6.61 Å². The SMILES string of the molecule is CC(C)C(=O)[C@@H](Cc1ccc(Cl)cc1Cl)NC(=O)CO. The van der Waals surface area contributed by atoms with E-state index in [1.54, 1.807) is 32.0 Å². The fourth-order valence-corrected chi connectivity index (χ4v) is 2.26. The number of Topliss-reactive ketones (excluding diaryl/α,β-unsaturated/α-hetero) is 1. The molecule has 0 fully saturated rings. The molecule has 0 aliphatic heterocycles. The van der Waals surface area contributed by atoms with E-state index in [9.17, 15) is 9.59 Å². The van der Waals surface area contributed by atoms with Crippen molar-refractivity contribution in [3.63, 3.8) is 0 Å². The Morgan fingerprint density at radius 3 is 2.45 bits per heavy atom. The minimum Gasteiger partial charge on any atom is -0.387 e. The summed E-state index contributed by atoms with van der Waals surface area (Å²) in [7, 11) is 0. The van der Waals surface area contributed by atoms with Gasteiger partial charge in [0.05, 0.1) is 6.04 Å². The molecule has 0 saturated heterocycles. The summed E-state index contributed by atoms with van der Waals surface area (Å²) >= 11 is 11.9. The maximum atomic E-state index is 12.1. The van der Waals surface area contributed by atoms with Crippen molar-refractivity contribution >= 4 is 34.9 Å². The van der Waals surface area contributed by atoms with Crippen LogP contribution in [-0.4, -0.2) is 29.4 Å². The Balaban J connectivity index is 2.93. The first-order valence-electron chi connectivity index (χ1n) is 6.23. The number of amides is 1. The summed E-state index contributed by atoms with van der Waals surface area (Å²) in [6.07, 6.45) is 0.263. The highest BCUT2D eigenvalue weighted by Crippen LogP contribution is 2.22. The smallest absolute Gasteiger partial charge is 0.246 e. The summed E-state index contributed by atoms with van der Waals surface area (Å²) < 4.78 is 0. The van der Waals surface area contributed by atoms with Gasteiger partial charge in [-0.1, -0.05) is 43.1 Å². The highest BCUT2D eigenvalue weighted by atomic mass is 35.5. The second-order valence-electron chi connectivity index (χ2n) is 4.78. The summed E-state index contributed by atoms with van der Waals surface area (Å²) in [5, 5.41) is 12.2. The third-order valence-corrected chi connectivity index (χ3v) is 3.42. The molecule has 1 aromatic carbocycles. The van der Waals surface area contributed by atoms with Gasteiger partial charge < -0.3 is 10.4 Å². The Hall–Kier alpha value is -1.10. The van der Waals surface area contributed by atoms with Crippen molar-refractivity contribution in [2.75, 3.05) is 6.61 Å². The van der Waals surface area contributed by atoms with Gasteiger partial charge in [-0.3, -0.25) is 9.59 Å². The van der Waals surface area contributed by atoms with E-state index in [1.807, 2.05) is 0 Å². The third-order valence-electron chi connectivity index (χ3n) is 2.83. The van der Waals surface area contributed by atoms with Crippen LogP contribution in [-0.2, 0) is 16.0 Å². The number of nitrogens with one attached hydrogen (secondary N) is 1. The van der Waals surface area contributed by atoms with Crippen molar-refractivity contribution in [2.45, 2.75) is 26.3 Å². The lowest BCUT2D eigenvalue weighted by Crippen LogP contribution is -2.45. The van der Waals surface area contributed by atoms with Gasteiger partial charge in [0.15, 0.2) is 5.78 Å². The van der Waals surface area contributed by atoms with Gasteiger partial charge in [-0.25, -0.2) is 0 Å². The molecule has 4 nitrogen and oxygen atoms in total. The van der Waals surface area contributed by atoms with Gasteiger partial charge in [-0.05, 0) is 17.7 Å². The van der Waals surface area contributed by atoms with Crippen LogP contribution in [0.4, 0.5) is 0 Å². The molecule has 6 heteroatoms. The van der Waals surface area contributed by atoms with Crippen LogP contribution in [0.25, 0.3) is 0 Å². The average molecular weight is 318 g/mol. The lowest BCUT2D eigenvalue weighted by atomic mass is 9.95. The van der Waals surface area contributed by atoms with Gasteiger partial charge in [-0.15, -0.1) is 0 Å². The normalized spacial score (nSPS) is 12.3. The summed E-state index contributed by atoms with van der Waals surface area (Å²) in [6, 6.07) is 4.26. The number of hydrogen-bond donors (Lipinski definition) is 2. The van der Waals surface area contributed by atoms with E-state index < -0.39 is 18.6 Å². The van der Waals surface area contributed by atoms with Crippen LogP contribution in [0.5, 0.6) is 0 Å². The quantitative estimate of drug-likeness (QED) is 0.845. The number of hydrogen-bond acceptors (Lipinski definition) is 3. The van der Waals surface area contributed by atoms with Gasteiger partial charge in [0.25, 0.3) is 0 Å². The number of ketones is 1. The van der Waals surface area contributed by atoms with E-state index in [1.165, 1.54) is 0 Å². The molecule has 0 radical (unpaired) electrons. The second kappa shape index (κ2) is 7.62.